The second-order valence-electron chi connectivity index (χ2n) is 4.09. The molecule has 0 unspecified atom stereocenters. The molecule has 0 saturated carbocycles. The smallest absolute Gasteiger partial charge is 0.240 e. The van der Waals surface area contributed by atoms with Gasteiger partial charge in [-0.2, -0.15) is 4.98 Å². The first-order chi connectivity index (χ1) is 8.78. The Kier molecular flexibility index (Phi) is 4.73. The largest absolute Gasteiger partial charge is 0.338 e. The minimum absolute atomic E-state index is 0.621. The van der Waals surface area contributed by atoms with Gasteiger partial charge < -0.3 is 9.84 Å². The molecular weight excluding hydrogens is 250 g/mol. The lowest BCUT2D eigenvalue weighted by molar-refractivity contribution is 0.363. The third-order valence-electron chi connectivity index (χ3n) is 2.46. The minimum Gasteiger partial charge on any atom is -0.338 e. The second-order valence-corrected chi connectivity index (χ2v) is 4.52. The van der Waals surface area contributed by atoms with Gasteiger partial charge >= 0.3 is 0 Å². The van der Waals surface area contributed by atoms with Gasteiger partial charge in [-0.25, -0.2) is 0 Å². The maximum Gasteiger partial charge on any atom is 0.240 e. The van der Waals surface area contributed by atoms with Crippen molar-refractivity contribution in [2.45, 2.75) is 26.3 Å². The van der Waals surface area contributed by atoms with Crippen LogP contribution in [0.4, 0.5) is 0 Å². The fourth-order valence-corrected chi connectivity index (χ4v) is 1.85. The predicted octanol–water partition coefficient (Wildman–Crippen LogP) is 2.81. The number of benzene rings is 1. The highest BCUT2D eigenvalue weighted by molar-refractivity contribution is 6.30. The predicted molar refractivity (Wildman–Crippen MR) is 70.6 cm³/mol. The van der Waals surface area contributed by atoms with E-state index in [0.717, 1.165) is 23.6 Å². The van der Waals surface area contributed by atoms with Gasteiger partial charge in [-0.1, -0.05) is 35.8 Å². The molecule has 0 amide bonds. The molecule has 2 aromatic rings. The van der Waals surface area contributed by atoms with Crippen LogP contribution in [0.2, 0.25) is 5.02 Å². The fourth-order valence-electron chi connectivity index (χ4n) is 1.64. The average molecular weight is 266 g/mol. The monoisotopic (exact) mass is 265 g/mol. The van der Waals surface area contributed by atoms with Gasteiger partial charge in [0.1, 0.15) is 0 Å². The number of nitrogens with one attached hydrogen (secondary N) is 1. The maximum absolute atomic E-state index is 5.93. The molecule has 0 fully saturated rings. The molecule has 0 aliphatic carbocycles. The van der Waals surface area contributed by atoms with Gasteiger partial charge in [0, 0.05) is 11.4 Å². The molecule has 0 atom stereocenters. The van der Waals surface area contributed by atoms with Gasteiger partial charge in [-0.3, -0.25) is 0 Å². The summed E-state index contributed by atoms with van der Waals surface area (Å²) in [7, 11) is 0. The third-order valence-corrected chi connectivity index (χ3v) is 2.70. The summed E-state index contributed by atoms with van der Waals surface area (Å²) >= 11 is 5.93. The lowest BCUT2D eigenvalue weighted by atomic mass is 10.1. The van der Waals surface area contributed by atoms with Crippen molar-refractivity contribution in [2.75, 3.05) is 6.54 Å². The van der Waals surface area contributed by atoms with E-state index >= 15 is 0 Å². The molecule has 5 heteroatoms. The highest BCUT2D eigenvalue weighted by Crippen LogP contribution is 2.13. The molecule has 0 radical (unpaired) electrons. The van der Waals surface area contributed by atoms with Gasteiger partial charge in [-0.05, 0) is 30.7 Å². The third kappa shape index (κ3) is 3.82. The summed E-state index contributed by atoms with van der Waals surface area (Å²) in [5.74, 6) is 1.31. The van der Waals surface area contributed by atoms with Gasteiger partial charge in [0.2, 0.25) is 5.89 Å². The van der Waals surface area contributed by atoms with E-state index in [1.807, 2.05) is 24.3 Å². The van der Waals surface area contributed by atoms with Crippen molar-refractivity contribution < 1.29 is 4.52 Å². The molecule has 0 saturated heterocycles. The zero-order valence-corrected chi connectivity index (χ0v) is 11.1. The van der Waals surface area contributed by atoms with Crippen LogP contribution in [0, 0.1) is 0 Å². The quantitative estimate of drug-likeness (QED) is 0.816. The molecule has 1 N–H and O–H groups in total. The molecule has 1 heterocycles. The summed E-state index contributed by atoms with van der Waals surface area (Å²) in [4.78, 5) is 4.32. The summed E-state index contributed by atoms with van der Waals surface area (Å²) in [6.45, 7) is 3.69. The van der Waals surface area contributed by atoms with E-state index in [4.69, 9.17) is 16.1 Å². The Morgan fingerprint density at radius 2 is 2.28 bits per heavy atom. The van der Waals surface area contributed by atoms with Crippen molar-refractivity contribution in [3.05, 3.63) is 46.6 Å². The molecule has 18 heavy (non-hydrogen) atoms. The first-order valence-electron chi connectivity index (χ1n) is 6.04. The van der Waals surface area contributed by atoms with Gasteiger partial charge in [-0.15, -0.1) is 0 Å². The molecule has 4 nitrogen and oxygen atoms in total. The van der Waals surface area contributed by atoms with Gasteiger partial charge in [0.05, 0.1) is 6.54 Å². The SMILES string of the molecule is CCCNCc1nc(Cc2cccc(Cl)c2)no1. The van der Waals surface area contributed by atoms with E-state index < -0.39 is 0 Å². The highest BCUT2D eigenvalue weighted by Gasteiger charge is 2.06. The summed E-state index contributed by atoms with van der Waals surface area (Å²) in [5, 5.41) is 7.89. The van der Waals surface area contributed by atoms with E-state index in [0.29, 0.717) is 24.7 Å². The van der Waals surface area contributed by atoms with E-state index in [2.05, 4.69) is 22.4 Å². The van der Waals surface area contributed by atoms with E-state index in [9.17, 15) is 0 Å². The van der Waals surface area contributed by atoms with Gasteiger partial charge in [0.25, 0.3) is 0 Å². The maximum atomic E-state index is 5.93. The molecule has 2 rings (SSSR count). The molecule has 1 aromatic carbocycles. The number of rotatable bonds is 6. The lowest BCUT2D eigenvalue weighted by Crippen LogP contribution is -2.13. The second kappa shape index (κ2) is 6.52. The minimum atomic E-state index is 0.621. The van der Waals surface area contributed by atoms with Crippen LogP contribution in [0.3, 0.4) is 0 Å². The fraction of sp³-hybridized carbons (Fsp3) is 0.385. The molecular formula is C13H16ClN3O. The Morgan fingerprint density at radius 1 is 1.39 bits per heavy atom. The normalized spacial score (nSPS) is 10.8. The van der Waals surface area contributed by atoms with Crippen LogP contribution < -0.4 is 5.32 Å². The van der Waals surface area contributed by atoms with Crippen LogP contribution in [0.15, 0.2) is 28.8 Å². The van der Waals surface area contributed by atoms with E-state index in [-0.39, 0.29) is 0 Å². The molecule has 1 aromatic heterocycles. The number of hydrogen-bond donors (Lipinski definition) is 1. The van der Waals surface area contributed by atoms with Crippen LogP contribution in [-0.2, 0) is 13.0 Å². The van der Waals surface area contributed by atoms with Crippen molar-refractivity contribution in [3.8, 4) is 0 Å². The van der Waals surface area contributed by atoms with Crippen molar-refractivity contribution in [1.82, 2.24) is 15.5 Å². The van der Waals surface area contributed by atoms with Crippen LogP contribution in [0.25, 0.3) is 0 Å². The number of nitrogens with zero attached hydrogens (tertiary/aromatic N) is 2. The topological polar surface area (TPSA) is 51.0 Å². The van der Waals surface area contributed by atoms with E-state index in [1.165, 1.54) is 0 Å². The van der Waals surface area contributed by atoms with Gasteiger partial charge in [0.15, 0.2) is 5.82 Å². The Bertz CT molecular complexity index is 498. The lowest BCUT2D eigenvalue weighted by Gasteiger charge is -1.97. The zero-order chi connectivity index (χ0) is 12.8. The Hall–Kier alpha value is -1.39. The first kappa shape index (κ1) is 13.1. The zero-order valence-electron chi connectivity index (χ0n) is 10.3. The van der Waals surface area contributed by atoms with Crippen LogP contribution >= 0.6 is 11.6 Å². The molecule has 0 aliphatic heterocycles. The summed E-state index contributed by atoms with van der Waals surface area (Å²) in [6, 6.07) is 7.67. The van der Waals surface area contributed by atoms with Crippen molar-refractivity contribution >= 4 is 11.6 Å². The van der Waals surface area contributed by atoms with Crippen molar-refractivity contribution in [1.29, 1.82) is 0 Å². The Balaban J connectivity index is 1.94. The molecule has 0 aliphatic rings. The number of halogens is 1. The summed E-state index contributed by atoms with van der Waals surface area (Å²) < 4.78 is 5.16. The molecule has 96 valence electrons. The number of aromatic nitrogens is 2. The summed E-state index contributed by atoms with van der Waals surface area (Å²) in [6.07, 6.45) is 1.72. The van der Waals surface area contributed by atoms with Crippen LogP contribution in [0.5, 0.6) is 0 Å². The Labute approximate surface area is 111 Å². The number of hydrogen-bond acceptors (Lipinski definition) is 4. The van der Waals surface area contributed by atoms with E-state index in [1.54, 1.807) is 0 Å². The van der Waals surface area contributed by atoms with Crippen LogP contribution in [-0.4, -0.2) is 16.7 Å². The van der Waals surface area contributed by atoms with Crippen molar-refractivity contribution in [3.63, 3.8) is 0 Å². The van der Waals surface area contributed by atoms with Crippen molar-refractivity contribution in [2.24, 2.45) is 0 Å². The van der Waals surface area contributed by atoms with Crippen LogP contribution in [0.1, 0.15) is 30.6 Å². The standard InChI is InChI=1S/C13H16ClN3O/c1-2-6-15-9-13-16-12(17-18-13)8-10-4-3-5-11(14)7-10/h3-5,7,15H,2,6,8-9H2,1H3. The average Bonchev–Trinajstić information content (AvgIpc) is 2.77. The highest BCUT2D eigenvalue weighted by atomic mass is 35.5. The molecule has 0 spiro atoms. The summed E-state index contributed by atoms with van der Waals surface area (Å²) in [5.41, 5.74) is 1.08. The first-order valence-corrected chi connectivity index (χ1v) is 6.42. The molecule has 0 bridgehead atoms. The Morgan fingerprint density at radius 3 is 3.06 bits per heavy atom.